The maximum Gasteiger partial charge on any atom is 0.161 e. The first-order valence-corrected chi connectivity index (χ1v) is 6.42. The molecule has 0 aliphatic heterocycles. The van der Waals surface area contributed by atoms with Gasteiger partial charge in [0.2, 0.25) is 0 Å². The summed E-state index contributed by atoms with van der Waals surface area (Å²) in [5.41, 5.74) is 0.787. The lowest BCUT2D eigenvalue weighted by Crippen LogP contribution is -2.09. The Labute approximate surface area is 118 Å². The number of benzene rings is 2. The van der Waals surface area contributed by atoms with E-state index in [1.54, 1.807) is 25.3 Å². The third-order valence-electron chi connectivity index (χ3n) is 2.76. The monoisotopic (exact) mass is 274 g/mol. The maximum absolute atomic E-state index is 9.07. The van der Waals surface area contributed by atoms with Crippen LogP contribution in [0.1, 0.15) is 5.56 Å². The highest BCUT2D eigenvalue weighted by molar-refractivity contribution is 5.42. The molecule has 0 spiro atoms. The molecule has 0 bridgehead atoms. The van der Waals surface area contributed by atoms with Gasteiger partial charge in [-0.1, -0.05) is 24.3 Å². The Bertz CT molecular complexity index is 525. The summed E-state index contributed by atoms with van der Waals surface area (Å²) in [5, 5.41) is 9.07. The molecule has 0 heterocycles. The predicted octanol–water partition coefficient (Wildman–Crippen LogP) is 2.65. The van der Waals surface area contributed by atoms with Crippen molar-refractivity contribution in [3.8, 4) is 17.2 Å². The van der Waals surface area contributed by atoms with E-state index >= 15 is 0 Å². The lowest BCUT2D eigenvalue weighted by atomic mass is 10.2. The fourth-order valence-electron chi connectivity index (χ4n) is 1.76. The standard InChI is InChI=1S/C16H18O4/c1-18-16-11-13(12-17)7-8-15(16)20-10-9-19-14-5-3-2-4-6-14/h2-8,11,17H,9-10,12H2,1H3. The zero-order valence-electron chi connectivity index (χ0n) is 11.4. The number of aliphatic hydroxyl groups excluding tert-OH is 1. The summed E-state index contributed by atoms with van der Waals surface area (Å²) in [6.45, 7) is 0.854. The van der Waals surface area contributed by atoms with Crippen molar-refractivity contribution in [3.63, 3.8) is 0 Å². The molecule has 0 amide bonds. The normalized spacial score (nSPS) is 10.1. The van der Waals surface area contributed by atoms with Crippen LogP contribution in [0.4, 0.5) is 0 Å². The number of rotatable bonds is 7. The number of methoxy groups -OCH3 is 1. The van der Waals surface area contributed by atoms with E-state index in [2.05, 4.69) is 0 Å². The molecule has 0 radical (unpaired) electrons. The summed E-state index contributed by atoms with van der Waals surface area (Å²) >= 11 is 0. The van der Waals surface area contributed by atoms with Crippen LogP contribution in [-0.4, -0.2) is 25.4 Å². The van der Waals surface area contributed by atoms with Crippen molar-refractivity contribution >= 4 is 0 Å². The van der Waals surface area contributed by atoms with Gasteiger partial charge in [-0.05, 0) is 29.8 Å². The Hall–Kier alpha value is -2.20. The minimum Gasteiger partial charge on any atom is -0.493 e. The lowest BCUT2D eigenvalue weighted by Gasteiger charge is -2.12. The van der Waals surface area contributed by atoms with Crippen molar-refractivity contribution in [1.82, 2.24) is 0 Å². The first-order chi connectivity index (χ1) is 9.83. The van der Waals surface area contributed by atoms with Gasteiger partial charge < -0.3 is 19.3 Å². The number of aliphatic hydroxyl groups is 1. The Morgan fingerprint density at radius 1 is 0.900 bits per heavy atom. The molecule has 0 saturated carbocycles. The average molecular weight is 274 g/mol. The Morgan fingerprint density at radius 3 is 2.35 bits per heavy atom. The predicted molar refractivity (Wildman–Crippen MR) is 76.3 cm³/mol. The molecular formula is C16H18O4. The molecule has 4 heteroatoms. The number of hydrogen-bond donors (Lipinski definition) is 1. The van der Waals surface area contributed by atoms with Crippen LogP contribution >= 0.6 is 0 Å². The third-order valence-corrected chi connectivity index (χ3v) is 2.76. The van der Waals surface area contributed by atoms with E-state index in [1.807, 2.05) is 30.3 Å². The molecule has 20 heavy (non-hydrogen) atoms. The van der Waals surface area contributed by atoms with Crippen molar-refractivity contribution < 1.29 is 19.3 Å². The molecule has 0 aliphatic carbocycles. The maximum atomic E-state index is 9.07. The molecule has 0 fully saturated rings. The largest absolute Gasteiger partial charge is 0.493 e. The van der Waals surface area contributed by atoms with Crippen molar-refractivity contribution in [2.45, 2.75) is 6.61 Å². The van der Waals surface area contributed by atoms with Gasteiger partial charge in [-0.2, -0.15) is 0 Å². The van der Waals surface area contributed by atoms with Crippen LogP contribution < -0.4 is 14.2 Å². The van der Waals surface area contributed by atoms with Gasteiger partial charge in [0, 0.05) is 0 Å². The molecule has 0 unspecified atom stereocenters. The van der Waals surface area contributed by atoms with Crippen molar-refractivity contribution in [2.24, 2.45) is 0 Å². The van der Waals surface area contributed by atoms with Crippen LogP contribution in [-0.2, 0) is 6.61 Å². The van der Waals surface area contributed by atoms with Gasteiger partial charge in [0.05, 0.1) is 13.7 Å². The van der Waals surface area contributed by atoms with Gasteiger partial charge >= 0.3 is 0 Å². The molecule has 0 aliphatic rings. The van der Waals surface area contributed by atoms with Crippen molar-refractivity contribution in [1.29, 1.82) is 0 Å². The molecule has 2 aromatic rings. The van der Waals surface area contributed by atoms with E-state index < -0.39 is 0 Å². The van der Waals surface area contributed by atoms with Gasteiger partial charge in [-0.25, -0.2) is 0 Å². The summed E-state index contributed by atoms with van der Waals surface area (Å²) in [6.07, 6.45) is 0. The highest BCUT2D eigenvalue weighted by Gasteiger charge is 2.05. The minimum atomic E-state index is -0.0201. The average Bonchev–Trinajstić information content (AvgIpc) is 2.52. The van der Waals surface area contributed by atoms with Gasteiger partial charge in [0.1, 0.15) is 19.0 Å². The molecule has 0 atom stereocenters. The first-order valence-electron chi connectivity index (χ1n) is 6.42. The van der Waals surface area contributed by atoms with Gasteiger partial charge in [0.25, 0.3) is 0 Å². The summed E-state index contributed by atoms with van der Waals surface area (Å²) < 4.78 is 16.4. The Balaban J connectivity index is 1.85. The zero-order chi connectivity index (χ0) is 14.2. The van der Waals surface area contributed by atoms with Gasteiger partial charge in [-0.15, -0.1) is 0 Å². The van der Waals surface area contributed by atoms with Crippen LogP contribution in [0.25, 0.3) is 0 Å². The Kier molecular flexibility index (Phi) is 5.26. The summed E-state index contributed by atoms with van der Waals surface area (Å²) in [6, 6.07) is 14.9. The quantitative estimate of drug-likeness (QED) is 0.789. The number of ether oxygens (including phenoxy) is 3. The molecule has 0 saturated heterocycles. The smallest absolute Gasteiger partial charge is 0.161 e. The van der Waals surface area contributed by atoms with Crippen LogP contribution in [0.5, 0.6) is 17.2 Å². The first kappa shape index (κ1) is 14.2. The molecule has 106 valence electrons. The summed E-state index contributed by atoms with van der Waals surface area (Å²) in [4.78, 5) is 0. The molecule has 0 aromatic heterocycles. The van der Waals surface area contributed by atoms with E-state index in [1.165, 1.54) is 0 Å². The van der Waals surface area contributed by atoms with E-state index in [4.69, 9.17) is 19.3 Å². The van der Waals surface area contributed by atoms with E-state index in [-0.39, 0.29) is 6.61 Å². The third kappa shape index (κ3) is 3.90. The van der Waals surface area contributed by atoms with Crippen LogP contribution in [0.15, 0.2) is 48.5 Å². The van der Waals surface area contributed by atoms with Gasteiger partial charge in [-0.3, -0.25) is 0 Å². The highest BCUT2D eigenvalue weighted by atomic mass is 16.5. The van der Waals surface area contributed by atoms with Crippen molar-refractivity contribution in [3.05, 3.63) is 54.1 Å². The van der Waals surface area contributed by atoms with E-state index in [0.29, 0.717) is 24.7 Å². The lowest BCUT2D eigenvalue weighted by molar-refractivity contribution is 0.211. The van der Waals surface area contributed by atoms with Crippen LogP contribution in [0, 0.1) is 0 Å². The van der Waals surface area contributed by atoms with E-state index in [0.717, 1.165) is 11.3 Å². The summed E-state index contributed by atoms with van der Waals surface area (Å²) in [5.74, 6) is 2.07. The molecule has 2 rings (SSSR count). The SMILES string of the molecule is COc1cc(CO)ccc1OCCOc1ccccc1. The van der Waals surface area contributed by atoms with Gasteiger partial charge in [0.15, 0.2) is 11.5 Å². The second kappa shape index (κ2) is 7.40. The molecule has 4 nitrogen and oxygen atoms in total. The van der Waals surface area contributed by atoms with Crippen molar-refractivity contribution in [2.75, 3.05) is 20.3 Å². The highest BCUT2D eigenvalue weighted by Crippen LogP contribution is 2.28. The number of para-hydroxylation sites is 1. The van der Waals surface area contributed by atoms with Crippen LogP contribution in [0.3, 0.4) is 0 Å². The topological polar surface area (TPSA) is 47.9 Å². The summed E-state index contributed by atoms with van der Waals surface area (Å²) in [7, 11) is 1.57. The molecular weight excluding hydrogens is 256 g/mol. The minimum absolute atomic E-state index is 0.0201. The second-order valence-corrected chi connectivity index (χ2v) is 4.15. The second-order valence-electron chi connectivity index (χ2n) is 4.15. The molecule has 2 aromatic carbocycles. The Morgan fingerprint density at radius 2 is 1.65 bits per heavy atom. The zero-order valence-corrected chi connectivity index (χ0v) is 11.4. The fourth-order valence-corrected chi connectivity index (χ4v) is 1.76. The number of hydrogen-bond acceptors (Lipinski definition) is 4. The van der Waals surface area contributed by atoms with Crippen LogP contribution in [0.2, 0.25) is 0 Å². The fraction of sp³-hybridized carbons (Fsp3) is 0.250. The van der Waals surface area contributed by atoms with E-state index in [9.17, 15) is 0 Å². The molecule has 1 N–H and O–H groups in total.